The Morgan fingerprint density at radius 2 is 1.77 bits per heavy atom. The zero-order chi connectivity index (χ0) is 21.4. The number of pyridine rings is 1. The van der Waals surface area contributed by atoms with Crippen LogP contribution in [0.3, 0.4) is 0 Å². The molecule has 0 bridgehead atoms. The number of carbonyl (C=O) groups is 3. The van der Waals surface area contributed by atoms with Crippen molar-refractivity contribution in [3.63, 3.8) is 0 Å². The lowest BCUT2D eigenvalue weighted by Gasteiger charge is -2.28. The lowest BCUT2D eigenvalue weighted by Crippen LogP contribution is -2.49. The maximum atomic E-state index is 13.0. The van der Waals surface area contributed by atoms with Crippen LogP contribution in [0.4, 0.5) is 0 Å². The van der Waals surface area contributed by atoms with E-state index in [1.807, 2.05) is 13.8 Å². The first kappa shape index (κ1) is 20.1. The highest BCUT2D eigenvalue weighted by Crippen LogP contribution is 2.29. The van der Waals surface area contributed by atoms with Gasteiger partial charge in [0.25, 0.3) is 11.8 Å². The van der Waals surface area contributed by atoms with Crippen molar-refractivity contribution in [2.24, 2.45) is 5.92 Å². The fourth-order valence-corrected chi connectivity index (χ4v) is 3.76. The molecule has 0 unspecified atom stereocenters. The minimum Gasteiger partial charge on any atom is -0.458 e. The van der Waals surface area contributed by atoms with Crippen LogP contribution in [-0.4, -0.2) is 38.1 Å². The van der Waals surface area contributed by atoms with Gasteiger partial charge in [0.05, 0.1) is 21.8 Å². The first-order valence-corrected chi connectivity index (χ1v) is 10.0. The highest BCUT2D eigenvalue weighted by molar-refractivity contribution is 6.30. The Balaban J connectivity index is 1.56. The fraction of sp³-hybridized carbons (Fsp3) is 0.273. The third kappa shape index (κ3) is 3.45. The van der Waals surface area contributed by atoms with Gasteiger partial charge in [-0.2, -0.15) is 0 Å². The Morgan fingerprint density at radius 1 is 1.10 bits per heavy atom. The molecule has 8 heteroatoms. The summed E-state index contributed by atoms with van der Waals surface area (Å²) >= 11 is 5.98. The van der Waals surface area contributed by atoms with Gasteiger partial charge in [0.1, 0.15) is 18.3 Å². The van der Waals surface area contributed by atoms with E-state index in [1.54, 1.807) is 53.2 Å². The van der Waals surface area contributed by atoms with E-state index in [9.17, 15) is 14.4 Å². The van der Waals surface area contributed by atoms with Crippen molar-refractivity contribution < 1.29 is 19.1 Å². The molecular weight excluding hydrogens is 406 g/mol. The number of imide groups is 1. The number of amides is 2. The smallest absolute Gasteiger partial charge is 0.330 e. The van der Waals surface area contributed by atoms with Gasteiger partial charge in [-0.1, -0.05) is 44.0 Å². The molecule has 1 aromatic carbocycles. The minimum absolute atomic E-state index is 0.0752. The number of carbonyl (C=O) groups excluding carboxylic acids is 3. The molecule has 0 N–H and O–H groups in total. The van der Waals surface area contributed by atoms with E-state index in [4.69, 9.17) is 16.3 Å². The fourth-order valence-electron chi connectivity index (χ4n) is 3.59. The van der Waals surface area contributed by atoms with Crippen LogP contribution in [0.5, 0.6) is 0 Å². The van der Waals surface area contributed by atoms with Gasteiger partial charge in [-0.15, -0.1) is 0 Å². The third-order valence-electron chi connectivity index (χ3n) is 5.36. The molecule has 0 radical (unpaired) electrons. The summed E-state index contributed by atoms with van der Waals surface area (Å²) in [7, 11) is 0. The second-order valence-electron chi connectivity index (χ2n) is 7.31. The number of ether oxygens (including phenoxy) is 1. The molecule has 2 amide bonds. The molecule has 0 fully saturated rings. The molecule has 3 heterocycles. The summed E-state index contributed by atoms with van der Waals surface area (Å²) in [4.78, 5) is 44.1. The summed E-state index contributed by atoms with van der Waals surface area (Å²) in [5.74, 6) is -1.84. The molecule has 1 aliphatic heterocycles. The SMILES string of the molecule is CC[C@H](C)[C@H](C(=O)OCc1cn2cc(Cl)ccc2n1)N1C(=O)c2ccccc2C1=O. The van der Waals surface area contributed by atoms with Crippen molar-refractivity contribution in [1.82, 2.24) is 14.3 Å². The van der Waals surface area contributed by atoms with Crippen LogP contribution < -0.4 is 0 Å². The van der Waals surface area contributed by atoms with Crippen molar-refractivity contribution in [3.05, 3.63) is 70.6 Å². The number of aromatic nitrogens is 2. The Hall–Kier alpha value is -3.19. The molecule has 2 atom stereocenters. The second-order valence-corrected chi connectivity index (χ2v) is 7.75. The van der Waals surface area contributed by atoms with E-state index in [0.29, 0.717) is 33.9 Å². The van der Waals surface area contributed by atoms with Gasteiger partial charge in [-0.3, -0.25) is 14.5 Å². The monoisotopic (exact) mass is 425 g/mol. The van der Waals surface area contributed by atoms with Crippen LogP contribution >= 0.6 is 11.6 Å². The molecule has 1 aliphatic rings. The summed E-state index contributed by atoms with van der Waals surface area (Å²) in [5.41, 5.74) is 1.82. The number of rotatable bonds is 6. The van der Waals surface area contributed by atoms with Crippen LogP contribution in [0, 0.1) is 5.92 Å². The summed E-state index contributed by atoms with van der Waals surface area (Å²) in [6.45, 7) is 3.64. The summed E-state index contributed by atoms with van der Waals surface area (Å²) < 4.78 is 7.22. The Labute approximate surface area is 178 Å². The quantitative estimate of drug-likeness (QED) is 0.444. The average molecular weight is 426 g/mol. The van der Waals surface area contributed by atoms with Crippen LogP contribution in [-0.2, 0) is 16.1 Å². The van der Waals surface area contributed by atoms with Gasteiger partial charge in [0.2, 0.25) is 0 Å². The molecule has 0 saturated heterocycles. The number of imidazole rings is 1. The molecule has 4 rings (SSSR count). The van der Waals surface area contributed by atoms with E-state index in [0.717, 1.165) is 4.90 Å². The molecule has 0 spiro atoms. The first-order valence-electron chi connectivity index (χ1n) is 9.67. The van der Waals surface area contributed by atoms with Crippen LogP contribution in [0.15, 0.2) is 48.8 Å². The molecule has 7 nitrogen and oxygen atoms in total. The van der Waals surface area contributed by atoms with E-state index in [1.165, 1.54) is 0 Å². The van der Waals surface area contributed by atoms with Crippen molar-refractivity contribution >= 4 is 35.0 Å². The van der Waals surface area contributed by atoms with E-state index >= 15 is 0 Å². The topological polar surface area (TPSA) is 81.0 Å². The predicted molar refractivity (Wildman–Crippen MR) is 110 cm³/mol. The Kier molecular flexibility index (Phi) is 5.30. The number of fused-ring (bicyclic) bond motifs is 2. The molecule has 2 aromatic heterocycles. The van der Waals surface area contributed by atoms with Gasteiger partial charge < -0.3 is 9.14 Å². The maximum absolute atomic E-state index is 13.0. The number of halogens is 1. The van der Waals surface area contributed by atoms with Crippen molar-refractivity contribution in [2.75, 3.05) is 0 Å². The standard InChI is InChI=1S/C22H20ClN3O4/c1-3-13(2)19(26-20(27)16-6-4-5-7-17(16)21(26)28)22(29)30-12-15-11-25-10-14(23)8-9-18(25)24-15/h4-11,13,19H,3,12H2,1-2H3/t13-,19+/m0/s1. The number of hydrogen-bond donors (Lipinski definition) is 0. The van der Waals surface area contributed by atoms with E-state index in [2.05, 4.69) is 4.98 Å². The van der Waals surface area contributed by atoms with Gasteiger partial charge >= 0.3 is 5.97 Å². The normalized spacial score (nSPS) is 15.4. The molecular formula is C22H20ClN3O4. The van der Waals surface area contributed by atoms with Gasteiger partial charge in [0, 0.05) is 12.4 Å². The zero-order valence-electron chi connectivity index (χ0n) is 16.5. The summed E-state index contributed by atoms with van der Waals surface area (Å²) in [6, 6.07) is 9.05. The van der Waals surface area contributed by atoms with Crippen LogP contribution in [0.25, 0.3) is 5.65 Å². The highest BCUT2D eigenvalue weighted by Gasteiger charge is 2.45. The van der Waals surface area contributed by atoms with Gasteiger partial charge in [0.15, 0.2) is 0 Å². The number of esters is 1. The minimum atomic E-state index is -1.01. The van der Waals surface area contributed by atoms with E-state index in [-0.39, 0.29) is 12.5 Å². The van der Waals surface area contributed by atoms with Gasteiger partial charge in [-0.05, 0) is 30.2 Å². The van der Waals surface area contributed by atoms with Crippen LogP contribution in [0.2, 0.25) is 5.02 Å². The van der Waals surface area contributed by atoms with Crippen LogP contribution in [0.1, 0.15) is 46.7 Å². The van der Waals surface area contributed by atoms with Crippen molar-refractivity contribution in [1.29, 1.82) is 0 Å². The van der Waals surface area contributed by atoms with Crippen molar-refractivity contribution in [2.45, 2.75) is 32.9 Å². The maximum Gasteiger partial charge on any atom is 0.330 e. The molecule has 0 saturated carbocycles. The molecule has 0 aliphatic carbocycles. The van der Waals surface area contributed by atoms with Gasteiger partial charge in [-0.25, -0.2) is 9.78 Å². The second kappa shape index (κ2) is 7.91. The summed E-state index contributed by atoms with van der Waals surface area (Å²) in [6.07, 6.45) is 4.02. The third-order valence-corrected chi connectivity index (χ3v) is 5.58. The summed E-state index contributed by atoms with van der Waals surface area (Å²) in [5, 5.41) is 0.561. The average Bonchev–Trinajstić information content (AvgIpc) is 3.26. The molecule has 30 heavy (non-hydrogen) atoms. The Bertz CT molecular complexity index is 1120. The number of hydrogen-bond acceptors (Lipinski definition) is 5. The first-order chi connectivity index (χ1) is 14.4. The highest BCUT2D eigenvalue weighted by atomic mass is 35.5. The Morgan fingerprint density at radius 3 is 2.40 bits per heavy atom. The number of benzene rings is 1. The van der Waals surface area contributed by atoms with Crippen molar-refractivity contribution in [3.8, 4) is 0 Å². The largest absolute Gasteiger partial charge is 0.458 e. The lowest BCUT2D eigenvalue weighted by atomic mass is 9.97. The van der Waals surface area contributed by atoms with E-state index < -0.39 is 23.8 Å². The molecule has 154 valence electrons. The predicted octanol–water partition coefficient (Wildman–Crippen LogP) is 3.74. The number of nitrogens with zero attached hydrogens (tertiary/aromatic N) is 3. The lowest BCUT2D eigenvalue weighted by molar-refractivity contribution is -0.151. The molecule has 3 aromatic rings. The zero-order valence-corrected chi connectivity index (χ0v) is 17.3.